The Labute approximate surface area is 131 Å². The quantitative estimate of drug-likeness (QED) is 0.783. The summed E-state index contributed by atoms with van der Waals surface area (Å²) in [6.45, 7) is 12.7. The van der Waals surface area contributed by atoms with Crippen LogP contribution in [0.2, 0.25) is 0 Å². The van der Waals surface area contributed by atoms with Crippen molar-refractivity contribution in [2.75, 3.05) is 59.7 Å². The fraction of sp³-hybridized carbons (Fsp3) is 1.00. The molecule has 1 N–H and O–H groups in total. The van der Waals surface area contributed by atoms with Crippen LogP contribution in [0.4, 0.5) is 0 Å². The number of hydrogen-bond donors (Lipinski definition) is 1. The average Bonchev–Trinajstić information content (AvgIpc) is 2.57. The molecule has 0 bridgehead atoms. The number of rotatable bonds is 7. The molecule has 2 aliphatic heterocycles. The van der Waals surface area contributed by atoms with Gasteiger partial charge in [0.05, 0.1) is 6.61 Å². The van der Waals surface area contributed by atoms with Crippen LogP contribution >= 0.6 is 0 Å². The third-order valence-corrected chi connectivity index (χ3v) is 4.48. The van der Waals surface area contributed by atoms with E-state index in [-0.39, 0.29) is 0 Å². The Hall–Kier alpha value is -0.160. The summed E-state index contributed by atoms with van der Waals surface area (Å²) in [6, 6.07) is 0. The maximum Gasteiger partial charge on any atom is 0.0589 e. The SMILES string of the molecule is CC.COCCN1CCC(COCC2CCNCC2)CC1. The molecule has 2 fully saturated rings. The first-order chi connectivity index (χ1) is 10.4. The molecule has 2 rings (SSSR count). The lowest BCUT2D eigenvalue weighted by atomic mass is 9.97. The Morgan fingerprint density at radius 3 is 2.10 bits per heavy atom. The number of ether oxygens (including phenoxy) is 2. The lowest BCUT2D eigenvalue weighted by Crippen LogP contribution is -2.37. The Bertz CT molecular complexity index is 225. The van der Waals surface area contributed by atoms with Gasteiger partial charge in [-0.25, -0.2) is 0 Å². The monoisotopic (exact) mass is 300 g/mol. The van der Waals surface area contributed by atoms with Crippen molar-refractivity contribution in [1.82, 2.24) is 10.2 Å². The third-order valence-electron chi connectivity index (χ3n) is 4.48. The first-order valence-corrected chi connectivity index (χ1v) is 8.88. The molecule has 2 aliphatic rings. The smallest absolute Gasteiger partial charge is 0.0589 e. The van der Waals surface area contributed by atoms with Gasteiger partial charge in [-0.05, 0) is 63.7 Å². The van der Waals surface area contributed by atoms with Gasteiger partial charge in [0.25, 0.3) is 0 Å². The molecule has 0 saturated carbocycles. The van der Waals surface area contributed by atoms with E-state index in [1.165, 1.54) is 51.9 Å². The normalized spacial score (nSPS) is 21.9. The van der Waals surface area contributed by atoms with Gasteiger partial charge in [0, 0.05) is 26.9 Å². The topological polar surface area (TPSA) is 33.7 Å². The molecule has 0 aliphatic carbocycles. The summed E-state index contributed by atoms with van der Waals surface area (Å²) in [5, 5.41) is 3.40. The number of methoxy groups -OCH3 is 1. The molecular formula is C17H36N2O2. The van der Waals surface area contributed by atoms with E-state index < -0.39 is 0 Å². The summed E-state index contributed by atoms with van der Waals surface area (Å²) in [7, 11) is 1.78. The van der Waals surface area contributed by atoms with Gasteiger partial charge in [-0.15, -0.1) is 0 Å². The van der Waals surface area contributed by atoms with Crippen LogP contribution in [0.15, 0.2) is 0 Å². The highest BCUT2D eigenvalue weighted by Crippen LogP contribution is 2.18. The van der Waals surface area contributed by atoms with Crippen LogP contribution in [0.1, 0.15) is 39.5 Å². The van der Waals surface area contributed by atoms with Gasteiger partial charge in [0.15, 0.2) is 0 Å². The van der Waals surface area contributed by atoms with Crippen LogP contribution < -0.4 is 5.32 Å². The largest absolute Gasteiger partial charge is 0.383 e. The van der Waals surface area contributed by atoms with E-state index in [4.69, 9.17) is 9.47 Å². The molecule has 0 unspecified atom stereocenters. The highest BCUT2D eigenvalue weighted by molar-refractivity contribution is 4.73. The number of nitrogens with zero attached hydrogens (tertiary/aromatic N) is 1. The predicted octanol–water partition coefficient (Wildman–Crippen LogP) is 2.39. The number of likely N-dealkylation sites (tertiary alicyclic amines) is 1. The van der Waals surface area contributed by atoms with Crippen LogP contribution in [0.25, 0.3) is 0 Å². The fourth-order valence-electron chi connectivity index (χ4n) is 3.05. The zero-order chi connectivity index (χ0) is 15.3. The van der Waals surface area contributed by atoms with Gasteiger partial charge in [-0.3, -0.25) is 0 Å². The summed E-state index contributed by atoms with van der Waals surface area (Å²) < 4.78 is 11.1. The van der Waals surface area contributed by atoms with E-state index in [0.29, 0.717) is 0 Å². The maximum absolute atomic E-state index is 5.96. The number of nitrogens with one attached hydrogen (secondary N) is 1. The van der Waals surface area contributed by atoms with Crippen molar-refractivity contribution in [3.05, 3.63) is 0 Å². The zero-order valence-corrected chi connectivity index (χ0v) is 14.4. The van der Waals surface area contributed by atoms with Crippen LogP contribution in [0.3, 0.4) is 0 Å². The number of piperidine rings is 2. The van der Waals surface area contributed by atoms with E-state index in [0.717, 1.165) is 38.2 Å². The summed E-state index contributed by atoms with van der Waals surface area (Å²) in [5.74, 6) is 1.57. The van der Waals surface area contributed by atoms with Crippen LogP contribution in [-0.2, 0) is 9.47 Å². The van der Waals surface area contributed by atoms with Gasteiger partial charge >= 0.3 is 0 Å². The van der Waals surface area contributed by atoms with E-state index in [1.807, 2.05) is 13.8 Å². The second-order valence-electron chi connectivity index (χ2n) is 6.01. The van der Waals surface area contributed by atoms with Gasteiger partial charge in [0.1, 0.15) is 0 Å². The lowest BCUT2D eigenvalue weighted by molar-refractivity contribution is 0.0373. The van der Waals surface area contributed by atoms with Crippen molar-refractivity contribution in [2.45, 2.75) is 39.5 Å². The minimum atomic E-state index is 0.778. The van der Waals surface area contributed by atoms with Gasteiger partial charge in [-0.2, -0.15) is 0 Å². The maximum atomic E-state index is 5.96. The highest BCUT2D eigenvalue weighted by Gasteiger charge is 2.20. The Morgan fingerprint density at radius 1 is 0.952 bits per heavy atom. The van der Waals surface area contributed by atoms with Crippen LogP contribution in [0.5, 0.6) is 0 Å². The molecule has 4 heteroatoms. The van der Waals surface area contributed by atoms with Gasteiger partial charge in [0.2, 0.25) is 0 Å². The molecule has 0 aromatic carbocycles. The predicted molar refractivity (Wildman–Crippen MR) is 88.8 cm³/mol. The molecule has 2 saturated heterocycles. The Morgan fingerprint density at radius 2 is 1.52 bits per heavy atom. The van der Waals surface area contributed by atoms with Gasteiger partial charge < -0.3 is 19.7 Å². The van der Waals surface area contributed by atoms with E-state index in [1.54, 1.807) is 7.11 Å². The summed E-state index contributed by atoms with van der Waals surface area (Å²) in [6.07, 6.45) is 5.15. The molecule has 0 aromatic rings. The molecule has 2 heterocycles. The molecule has 0 atom stereocenters. The van der Waals surface area contributed by atoms with Crippen molar-refractivity contribution >= 4 is 0 Å². The minimum absolute atomic E-state index is 0.778. The summed E-state index contributed by atoms with van der Waals surface area (Å²) in [5.41, 5.74) is 0. The third kappa shape index (κ3) is 8.15. The van der Waals surface area contributed by atoms with Crippen LogP contribution in [0, 0.1) is 11.8 Å². The molecule has 4 nitrogen and oxygen atoms in total. The average molecular weight is 300 g/mol. The van der Waals surface area contributed by atoms with E-state index in [9.17, 15) is 0 Å². The van der Waals surface area contributed by atoms with E-state index in [2.05, 4.69) is 10.2 Å². The Balaban J connectivity index is 0.00000106. The molecule has 0 aromatic heterocycles. The second-order valence-corrected chi connectivity index (χ2v) is 6.01. The van der Waals surface area contributed by atoms with E-state index >= 15 is 0 Å². The van der Waals surface area contributed by atoms with Crippen molar-refractivity contribution in [3.8, 4) is 0 Å². The summed E-state index contributed by atoms with van der Waals surface area (Å²) in [4.78, 5) is 2.51. The van der Waals surface area contributed by atoms with Crippen molar-refractivity contribution in [3.63, 3.8) is 0 Å². The fourth-order valence-corrected chi connectivity index (χ4v) is 3.05. The lowest BCUT2D eigenvalue weighted by Gasteiger charge is -2.32. The molecule has 21 heavy (non-hydrogen) atoms. The van der Waals surface area contributed by atoms with Crippen molar-refractivity contribution < 1.29 is 9.47 Å². The Kier molecular flexibility index (Phi) is 11.1. The molecule has 126 valence electrons. The highest BCUT2D eigenvalue weighted by atomic mass is 16.5. The molecular weight excluding hydrogens is 264 g/mol. The zero-order valence-electron chi connectivity index (χ0n) is 14.4. The van der Waals surface area contributed by atoms with Crippen molar-refractivity contribution in [1.29, 1.82) is 0 Å². The molecule has 0 spiro atoms. The minimum Gasteiger partial charge on any atom is -0.383 e. The van der Waals surface area contributed by atoms with Crippen molar-refractivity contribution in [2.24, 2.45) is 11.8 Å². The van der Waals surface area contributed by atoms with Gasteiger partial charge in [-0.1, -0.05) is 13.8 Å². The first kappa shape index (κ1) is 18.9. The molecule has 0 amide bonds. The number of hydrogen-bond acceptors (Lipinski definition) is 4. The first-order valence-electron chi connectivity index (χ1n) is 8.88. The summed E-state index contributed by atoms with van der Waals surface area (Å²) >= 11 is 0. The van der Waals surface area contributed by atoms with Crippen LogP contribution in [-0.4, -0.2) is 64.6 Å². The standard InChI is InChI=1S/C15H30N2O2.C2H6/c1-18-11-10-17-8-4-15(5-9-17)13-19-12-14-2-6-16-7-3-14;1-2/h14-16H,2-13H2,1H3;1-2H3. The second kappa shape index (κ2) is 12.4. The molecule has 0 radical (unpaired) electrons.